The van der Waals surface area contributed by atoms with Gasteiger partial charge in [0.25, 0.3) is 5.28 Å². The molecular formula is C29H32BClF2N6OS. The van der Waals surface area contributed by atoms with Crippen LogP contribution in [0.15, 0.2) is 46.3 Å². The zero-order chi connectivity index (χ0) is 29.6. The van der Waals surface area contributed by atoms with Crippen LogP contribution in [0.3, 0.4) is 0 Å². The average Bonchev–Trinajstić information content (AvgIpc) is 3.36. The second-order valence-electron chi connectivity index (χ2n) is 10.4. The lowest BCUT2D eigenvalue weighted by Gasteiger charge is -2.34. The predicted octanol–water partition coefficient (Wildman–Crippen LogP) is 6.87. The summed E-state index contributed by atoms with van der Waals surface area (Å²) >= 11 is 6.97. The predicted molar refractivity (Wildman–Crippen MR) is 160 cm³/mol. The van der Waals surface area contributed by atoms with Crippen LogP contribution in [0.25, 0.3) is 5.57 Å². The molecule has 5 rings (SSSR count). The first-order valence-corrected chi connectivity index (χ1v) is 15.2. The van der Waals surface area contributed by atoms with Crippen LogP contribution in [0, 0.1) is 13.8 Å². The summed E-state index contributed by atoms with van der Waals surface area (Å²) in [7, 11) is 0. The van der Waals surface area contributed by atoms with Crippen LogP contribution in [0.1, 0.15) is 85.4 Å². The van der Waals surface area contributed by atoms with Crippen molar-refractivity contribution < 1.29 is 17.9 Å². The van der Waals surface area contributed by atoms with E-state index in [-0.39, 0.29) is 11.1 Å². The van der Waals surface area contributed by atoms with Crippen molar-refractivity contribution >= 4 is 47.4 Å². The molecular weight excluding hydrogens is 565 g/mol. The fraction of sp³-hybridized carbons (Fsp3) is 0.379. The van der Waals surface area contributed by atoms with Crippen LogP contribution < -0.4 is 0 Å². The monoisotopic (exact) mass is 596 g/mol. The number of carbonyl (C=O) groups is 1. The molecule has 0 radical (unpaired) electrons. The molecule has 4 heterocycles. The van der Waals surface area contributed by atoms with Gasteiger partial charge in [0, 0.05) is 41.5 Å². The van der Waals surface area contributed by atoms with Crippen LogP contribution >= 0.6 is 23.4 Å². The highest BCUT2D eigenvalue weighted by Crippen LogP contribution is 2.47. The van der Waals surface area contributed by atoms with Gasteiger partial charge in [-0.05, 0) is 74.0 Å². The van der Waals surface area contributed by atoms with Gasteiger partial charge in [-0.25, -0.2) is 0 Å². The molecule has 0 unspecified atom stereocenters. The molecule has 41 heavy (non-hydrogen) atoms. The average molecular weight is 597 g/mol. The van der Waals surface area contributed by atoms with Gasteiger partial charge in [0.15, 0.2) is 11.5 Å². The smallest absolute Gasteiger partial charge is 0.393 e. The molecule has 12 heteroatoms. The van der Waals surface area contributed by atoms with Crippen molar-refractivity contribution in [3.63, 3.8) is 0 Å². The molecule has 1 aromatic carbocycles. The summed E-state index contributed by atoms with van der Waals surface area (Å²) in [5.74, 6) is 0.647. The molecule has 0 fully saturated rings. The molecule has 0 aliphatic carbocycles. The number of halogens is 3. The Bertz CT molecular complexity index is 1640. The minimum absolute atomic E-state index is 0.0115. The maximum absolute atomic E-state index is 16.4. The number of carbonyl (C=O) groups excluding carboxylic acids is 1. The number of nitrogens with zero attached hydrogens (tertiary/aromatic N) is 6. The van der Waals surface area contributed by atoms with E-state index >= 15 is 8.63 Å². The first-order valence-electron chi connectivity index (χ1n) is 13.8. The van der Waals surface area contributed by atoms with Gasteiger partial charge in [-0.15, -0.1) is 20.4 Å². The van der Waals surface area contributed by atoms with Crippen LogP contribution in [-0.4, -0.2) is 53.6 Å². The highest BCUT2D eigenvalue weighted by Gasteiger charge is 2.56. The summed E-state index contributed by atoms with van der Waals surface area (Å²) in [5, 5.41) is 15.4. The number of ketones is 1. The van der Waals surface area contributed by atoms with E-state index in [0.29, 0.717) is 65.0 Å². The van der Waals surface area contributed by atoms with Gasteiger partial charge >= 0.3 is 6.97 Å². The Morgan fingerprint density at radius 1 is 1.02 bits per heavy atom. The van der Waals surface area contributed by atoms with Crippen molar-refractivity contribution in [1.82, 2.24) is 24.9 Å². The Morgan fingerprint density at radius 2 is 1.68 bits per heavy atom. The third kappa shape index (κ3) is 4.86. The highest BCUT2D eigenvalue weighted by atomic mass is 35.5. The lowest BCUT2D eigenvalue weighted by Crippen LogP contribution is -2.51. The molecule has 0 bridgehead atoms. The van der Waals surface area contributed by atoms with Crippen molar-refractivity contribution in [2.75, 3.05) is 5.75 Å². The summed E-state index contributed by atoms with van der Waals surface area (Å²) in [6.45, 7) is 7.43. The number of fused-ring (bicyclic) bond motifs is 2. The van der Waals surface area contributed by atoms with Crippen LogP contribution in [0.5, 0.6) is 0 Å². The Hall–Kier alpha value is -3.18. The zero-order valence-corrected chi connectivity index (χ0v) is 25.6. The molecule has 7 nitrogen and oxygen atoms in total. The van der Waals surface area contributed by atoms with Gasteiger partial charge in [-0.1, -0.05) is 49.9 Å². The third-order valence-electron chi connectivity index (χ3n) is 8.21. The standard InChI is InChI=1S/C29H32BClF2N6OS/c1-7-22-16(3)26-25(27-17(4)23(8-2)19(6)39(27)30(32,33)38(26)18(22)5)21-13-11-20(12-14-21)24(40)10-9-15-41-29-36-34-28(31)35-37-29/h11-14H,7-10,15H2,1-6H3. The minimum atomic E-state index is -4.07. The van der Waals surface area contributed by atoms with Gasteiger partial charge in [0.1, 0.15) is 5.71 Å². The van der Waals surface area contributed by atoms with Crippen LogP contribution in [0.4, 0.5) is 8.63 Å². The maximum atomic E-state index is 16.4. The SMILES string of the molecule is CCC1=C(C)C2=C(c3ccc(C(=O)CCCSc4nnc(Cl)nn4)cc3)c3c(C)c(CC)c(C)n3[B-](F)(F)[N+]2=C1C. The quantitative estimate of drug-likeness (QED) is 0.116. The minimum Gasteiger partial charge on any atom is -0.393 e. The van der Waals surface area contributed by atoms with E-state index in [1.165, 1.54) is 20.7 Å². The number of Topliss-reactive ketones (excluding diaryl/α,β-unsaturated/α-hetero) is 1. The molecule has 3 aromatic rings. The maximum Gasteiger partial charge on any atom is 0.737 e. The topological polar surface area (TPSA) is 76.6 Å². The number of allylic oxidation sites excluding steroid dienone is 2. The molecule has 0 saturated heterocycles. The van der Waals surface area contributed by atoms with Gasteiger partial charge < -0.3 is 17.6 Å². The Labute approximate surface area is 247 Å². The number of aromatic nitrogens is 5. The number of thioether (sulfide) groups is 1. The molecule has 214 valence electrons. The summed E-state index contributed by atoms with van der Waals surface area (Å²) in [4.78, 5) is 13.0. The number of hydrogen-bond donors (Lipinski definition) is 0. The van der Waals surface area contributed by atoms with E-state index in [0.717, 1.165) is 33.4 Å². The first-order chi connectivity index (χ1) is 19.5. The number of rotatable bonds is 9. The van der Waals surface area contributed by atoms with Crippen LogP contribution in [0.2, 0.25) is 5.28 Å². The summed E-state index contributed by atoms with van der Waals surface area (Å²) in [5.41, 5.74) is 8.24. The van der Waals surface area contributed by atoms with Gasteiger partial charge in [-0.2, -0.15) is 0 Å². The Morgan fingerprint density at radius 3 is 2.29 bits per heavy atom. The van der Waals surface area contributed by atoms with Crippen LogP contribution in [-0.2, 0) is 6.42 Å². The first kappa shape index (κ1) is 29.3. The largest absolute Gasteiger partial charge is 0.737 e. The van der Waals surface area contributed by atoms with E-state index in [2.05, 4.69) is 20.4 Å². The molecule has 2 aromatic heterocycles. The van der Waals surface area contributed by atoms with E-state index in [9.17, 15) is 4.79 Å². The Kier molecular flexibility index (Phi) is 8.04. The van der Waals surface area contributed by atoms with Crippen molar-refractivity contribution in [3.05, 3.63) is 80.0 Å². The molecule has 0 atom stereocenters. The van der Waals surface area contributed by atoms with Crippen molar-refractivity contribution in [2.24, 2.45) is 0 Å². The second kappa shape index (κ2) is 11.2. The highest BCUT2D eigenvalue weighted by molar-refractivity contribution is 7.99. The molecule has 0 N–H and O–H groups in total. The normalized spacial score (nSPS) is 16.0. The molecule has 0 amide bonds. The summed E-state index contributed by atoms with van der Waals surface area (Å²) < 4.78 is 35.4. The molecule has 2 aliphatic heterocycles. The fourth-order valence-corrected chi connectivity index (χ4v) is 7.12. The third-order valence-corrected chi connectivity index (χ3v) is 9.27. The van der Waals surface area contributed by atoms with Crippen molar-refractivity contribution in [2.45, 2.75) is 72.4 Å². The van der Waals surface area contributed by atoms with E-state index in [1.807, 2.05) is 39.8 Å². The van der Waals surface area contributed by atoms with Gasteiger partial charge in [0.2, 0.25) is 5.16 Å². The summed E-state index contributed by atoms with van der Waals surface area (Å²) in [6, 6.07) is 7.39. The van der Waals surface area contributed by atoms with E-state index in [4.69, 9.17) is 11.6 Å². The summed E-state index contributed by atoms with van der Waals surface area (Å²) in [6.07, 6.45) is 2.33. The zero-order valence-electron chi connectivity index (χ0n) is 24.1. The van der Waals surface area contributed by atoms with Crippen molar-refractivity contribution in [3.8, 4) is 0 Å². The Balaban J connectivity index is 1.49. The molecule has 0 spiro atoms. The number of hydrogen-bond acceptors (Lipinski definition) is 6. The van der Waals surface area contributed by atoms with Gasteiger partial charge in [-0.3, -0.25) is 4.79 Å². The second-order valence-corrected chi connectivity index (χ2v) is 11.8. The molecule has 0 saturated carbocycles. The van der Waals surface area contributed by atoms with Crippen molar-refractivity contribution in [1.29, 1.82) is 0 Å². The fourth-order valence-electron chi connectivity index (χ4n) is 6.38. The van der Waals surface area contributed by atoms with E-state index < -0.39 is 6.97 Å². The number of benzene rings is 1. The lowest BCUT2D eigenvalue weighted by molar-refractivity contribution is -0.363. The lowest BCUT2D eigenvalue weighted by atomic mass is 9.83. The van der Waals surface area contributed by atoms with E-state index in [1.54, 1.807) is 26.0 Å². The molecule has 2 aliphatic rings. The van der Waals surface area contributed by atoms with Gasteiger partial charge in [0.05, 0.1) is 5.57 Å².